The third kappa shape index (κ3) is 2.78. The van der Waals surface area contributed by atoms with Crippen molar-refractivity contribution in [2.75, 3.05) is 13.6 Å². The Hall–Kier alpha value is -0.670. The van der Waals surface area contributed by atoms with E-state index in [0.717, 1.165) is 19.4 Å². The number of carbonyl (C=O) groups is 1. The summed E-state index contributed by atoms with van der Waals surface area (Å²) < 4.78 is 0. The molecule has 0 aliphatic heterocycles. The lowest BCUT2D eigenvalue weighted by molar-refractivity contribution is -0.117. The summed E-state index contributed by atoms with van der Waals surface area (Å²) in [5, 5.41) is 2.12. The highest BCUT2D eigenvalue weighted by atomic mass is 32.1. The van der Waals surface area contributed by atoms with Crippen LogP contribution in [-0.4, -0.2) is 24.8 Å². The summed E-state index contributed by atoms with van der Waals surface area (Å²) in [5.74, 6) is 0. The number of rotatable bonds is 5. The standard InChI is InChI=1S/C14H21NOS/c1-12(13-6-5-9-17-13)15(2)10-14(11-16)7-3-4-8-14/h5-6,9,11-12H,3-4,7-8,10H2,1-2H3. The fourth-order valence-electron chi connectivity index (χ4n) is 2.77. The molecule has 3 heteroatoms. The lowest BCUT2D eigenvalue weighted by Crippen LogP contribution is -2.36. The van der Waals surface area contributed by atoms with Gasteiger partial charge in [0, 0.05) is 22.9 Å². The topological polar surface area (TPSA) is 20.3 Å². The fraction of sp³-hybridized carbons (Fsp3) is 0.643. The van der Waals surface area contributed by atoms with E-state index >= 15 is 0 Å². The molecule has 1 saturated carbocycles. The van der Waals surface area contributed by atoms with E-state index in [2.05, 4.69) is 36.4 Å². The zero-order valence-corrected chi connectivity index (χ0v) is 11.5. The summed E-state index contributed by atoms with van der Waals surface area (Å²) in [5.41, 5.74) is -0.0692. The first-order valence-electron chi connectivity index (χ1n) is 6.37. The van der Waals surface area contributed by atoms with Crippen LogP contribution in [-0.2, 0) is 4.79 Å². The minimum atomic E-state index is -0.0692. The maximum absolute atomic E-state index is 11.3. The van der Waals surface area contributed by atoms with Crippen LogP contribution in [0.15, 0.2) is 17.5 Å². The first-order valence-corrected chi connectivity index (χ1v) is 7.25. The zero-order chi connectivity index (χ0) is 12.3. The first-order chi connectivity index (χ1) is 8.17. The SMILES string of the molecule is CC(c1cccs1)N(C)CC1(C=O)CCCC1. The third-order valence-corrected chi connectivity index (χ3v) is 5.07. The number of aldehydes is 1. The van der Waals surface area contributed by atoms with E-state index in [9.17, 15) is 4.79 Å². The Bertz CT molecular complexity index is 354. The molecule has 1 aliphatic carbocycles. The Balaban J connectivity index is 2.00. The van der Waals surface area contributed by atoms with Crippen molar-refractivity contribution in [2.45, 2.75) is 38.6 Å². The molecule has 0 radical (unpaired) electrons. The van der Waals surface area contributed by atoms with Gasteiger partial charge in [0.1, 0.15) is 6.29 Å². The van der Waals surface area contributed by atoms with E-state index in [1.54, 1.807) is 11.3 Å². The predicted molar refractivity (Wildman–Crippen MR) is 72.3 cm³/mol. The second-order valence-corrected chi connectivity index (χ2v) is 6.27. The largest absolute Gasteiger partial charge is 0.303 e. The molecule has 0 aromatic carbocycles. The number of hydrogen-bond donors (Lipinski definition) is 0. The maximum Gasteiger partial charge on any atom is 0.127 e. The zero-order valence-electron chi connectivity index (χ0n) is 10.7. The van der Waals surface area contributed by atoms with Gasteiger partial charge >= 0.3 is 0 Å². The van der Waals surface area contributed by atoms with Gasteiger partial charge in [-0.25, -0.2) is 0 Å². The molecule has 1 aliphatic rings. The average Bonchev–Trinajstić information content (AvgIpc) is 2.99. The summed E-state index contributed by atoms with van der Waals surface area (Å²) in [6.45, 7) is 3.12. The summed E-state index contributed by atoms with van der Waals surface area (Å²) in [6.07, 6.45) is 5.76. The van der Waals surface area contributed by atoms with Crippen LogP contribution >= 0.6 is 11.3 Å². The van der Waals surface area contributed by atoms with E-state index in [0.29, 0.717) is 6.04 Å². The van der Waals surface area contributed by atoms with Crippen LogP contribution in [0.2, 0.25) is 0 Å². The highest BCUT2D eigenvalue weighted by Gasteiger charge is 2.35. The Morgan fingerprint density at radius 2 is 2.24 bits per heavy atom. The highest BCUT2D eigenvalue weighted by molar-refractivity contribution is 7.10. The molecular weight excluding hydrogens is 230 g/mol. The number of hydrogen-bond acceptors (Lipinski definition) is 3. The lowest BCUT2D eigenvalue weighted by Gasteiger charge is -2.32. The Morgan fingerprint density at radius 1 is 1.53 bits per heavy atom. The van der Waals surface area contributed by atoms with Gasteiger partial charge in [0.05, 0.1) is 0 Å². The summed E-state index contributed by atoms with van der Waals surface area (Å²) in [6, 6.07) is 4.68. The average molecular weight is 251 g/mol. The van der Waals surface area contributed by atoms with Crippen molar-refractivity contribution in [3.05, 3.63) is 22.4 Å². The number of carbonyl (C=O) groups excluding carboxylic acids is 1. The number of nitrogens with zero attached hydrogens (tertiary/aromatic N) is 1. The molecule has 0 amide bonds. The second kappa shape index (κ2) is 5.32. The summed E-state index contributed by atoms with van der Waals surface area (Å²) in [7, 11) is 2.13. The Kier molecular flexibility index (Phi) is 4.00. The molecule has 1 aromatic rings. The summed E-state index contributed by atoms with van der Waals surface area (Å²) >= 11 is 1.79. The smallest absolute Gasteiger partial charge is 0.127 e. The van der Waals surface area contributed by atoms with E-state index in [-0.39, 0.29) is 5.41 Å². The fourth-order valence-corrected chi connectivity index (χ4v) is 3.62. The molecule has 1 heterocycles. The molecule has 0 saturated heterocycles. The van der Waals surface area contributed by atoms with Crippen LogP contribution in [0.25, 0.3) is 0 Å². The van der Waals surface area contributed by atoms with Crippen molar-refractivity contribution < 1.29 is 4.79 Å². The van der Waals surface area contributed by atoms with E-state index in [1.165, 1.54) is 24.0 Å². The van der Waals surface area contributed by atoms with Crippen molar-refractivity contribution >= 4 is 17.6 Å². The predicted octanol–water partition coefficient (Wildman–Crippen LogP) is 3.50. The highest BCUT2D eigenvalue weighted by Crippen LogP contribution is 2.38. The Labute approximate surface area is 108 Å². The molecule has 0 N–H and O–H groups in total. The van der Waals surface area contributed by atoms with E-state index in [4.69, 9.17) is 0 Å². The van der Waals surface area contributed by atoms with Crippen LogP contribution < -0.4 is 0 Å². The lowest BCUT2D eigenvalue weighted by atomic mass is 9.87. The molecule has 2 nitrogen and oxygen atoms in total. The van der Waals surface area contributed by atoms with Gasteiger partial charge in [-0.2, -0.15) is 0 Å². The van der Waals surface area contributed by atoms with Gasteiger partial charge in [0.15, 0.2) is 0 Å². The quantitative estimate of drug-likeness (QED) is 0.747. The minimum Gasteiger partial charge on any atom is -0.303 e. The van der Waals surface area contributed by atoms with Gasteiger partial charge in [-0.15, -0.1) is 11.3 Å². The molecule has 94 valence electrons. The van der Waals surface area contributed by atoms with Crippen molar-refractivity contribution in [1.82, 2.24) is 4.90 Å². The summed E-state index contributed by atoms with van der Waals surface area (Å²) in [4.78, 5) is 15.1. The van der Waals surface area contributed by atoms with Crippen LogP contribution in [0.5, 0.6) is 0 Å². The van der Waals surface area contributed by atoms with Gasteiger partial charge in [0.25, 0.3) is 0 Å². The number of thiophene rings is 1. The normalized spacial score (nSPS) is 20.6. The molecule has 1 atom stereocenters. The first kappa shape index (κ1) is 12.8. The van der Waals surface area contributed by atoms with Gasteiger partial charge in [0.2, 0.25) is 0 Å². The van der Waals surface area contributed by atoms with Gasteiger partial charge in [-0.05, 0) is 38.3 Å². The van der Waals surface area contributed by atoms with Crippen molar-refractivity contribution in [1.29, 1.82) is 0 Å². The molecule has 1 fully saturated rings. The van der Waals surface area contributed by atoms with Crippen molar-refractivity contribution in [2.24, 2.45) is 5.41 Å². The monoisotopic (exact) mass is 251 g/mol. The van der Waals surface area contributed by atoms with Gasteiger partial charge < -0.3 is 4.79 Å². The molecule has 17 heavy (non-hydrogen) atoms. The van der Waals surface area contributed by atoms with E-state index in [1.807, 2.05) is 0 Å². The maximum atomic E-state index is 11.3. The third-order valence-electron chi connectivity index (χ3n) is 4.03. The second-order valence-electron chi connectivity index (χ2n) is 5.29. The van der Waals surface area contributed by atoms with E-state index < -0.39 is 0 Å². The molecule has 0 spiro atoms. The van der Waals surface area contributed by atoms with Gasteiger partial charge in [-0.1, -0.05) is 18.9 Å². The van der Waals surface area contributed by atoms with Crippen LogP contribution in [0, 0.1) is 5.41 Å². The van der Waals surface area contributed by atoms with Crippen molar-refractivity contribution in [3.8, 4) is 0 Å². The van der Waals surface area contributed by atoms with Gasteiger partial charge in [-0.3, -0.25) is 4.90 Å². The molecule has 2 rings (SSSR count). The molecular formula is C14H21NOS. The molecule has 0 bridgehead atoms. The van der Waals surface area contributed by atoms with Crippen molar-refractivity contribution in [3.63, 3.8) is 0 Å². The van der Waals surface area contributed by atoms with Crippen LogP contribution in [0.4, 0.5) is 0 Å². The minimum absolute atomic E-state index is 0.0692. The van der Waals surface area contributed by atoms with Crippen LogP contribution in [0.1, 0.15) is 43.5 Å². The Morgan fingerprint density at radius 3 is 2.76 bits per heavy atom. The molecule has 1 unspecified atom stereocenters. The molecule has 1 aromatic heterocycles. The van der Waals surface area contributed by atoms with Crippen LogP contribution in [0.3, 0.4) is 0 Å².